The molecule has 0 radical (unpaired) electrons. The molecule has 29 heavy (non-hydrogen) atoms. The van der Waals surface area contributed by atoms with Crippen LogP contribution < -0.4 is 0 Å². The van der Waals surface area contributed by atoms with Gasteiger partial charge in [0.1, 0.15) is 0 Å². The third-order valence-corrected chi connectivity index (χ3v) is 5.70. The van der Waals surface area contributed by atoms with Gasteiger partial charge in [-0.2, -0.15) is 13.2 Å². The van der Waals surface area contributed by atoms with E-state index in [2.05, 4.69) is 10.2 Å². The molecule has 4 rings (SSSR count). The van der Waals surface area contributed by atoms with E-state index < -0.39 is 11.7 Å². The molecule has 3 aromatic rings. The normalized spacial score (nSPS) is 14.1. The number of amides is 2. The molecule has 2 aromatic heterocycles. The Morgan fingerprint density at radius 3 is 2.34 bits per heavy atom. The summed E-state index contributed by atoms with van der Waals surface area (Å²) in [5, 5.41) is 7.81. The maximum atomic E-state index is 13.0. The van der Waals surface area contributed by atoms with Gasteiger partial charge in [-0.25, -0.2) is 0 Å². The Labute approximate surface area is 171 Å². The van der Waals surface area contributed by atoms with Crippen LogP contribution in [0.15, 0.2) is 41.7 Å². The van der Waals surface area contributed by atoms with Crippen molar-refractivity contribution >= 4 is 40.8 Å². The van der Waals surface area contributed by atoms with Gasteiger partial charge in [-0.3, -0.25) is 18.9 Å². The molecule has 0 bridgehead atoms. The quantitative estimate of drug-likeness (QED) is 0.338. The van der Waals surface area contributed by atoms with Crippen molar-refractivity contribution in [1.82, 2.24) is 19.5 Å². The number of aromatic nitrogens is 3. The predicted octanol–water partition coefficient (Wildman–Crippen LogP) is 4.18. The van der Waals surface area contributed by atoms with E-state index in [9.17, 15) is 22.8 Å². The molecular weight excluding hydrogens is 429 g/mol. The molecule has 0 atom stereocenters. The topological polar surface area (TPSA) is 67.6 Å². The molecule has 0 aliphatic carbocycles. The zero-order valence-corrected chi connectivity index (χ0v) is 16.2. The van der Waals surface area contributed by atoms with Crippen LogP contribution in [0.4, 0.5) is 13.2 Å². The summed E-state index contributed by atoms with van der Waals surface area (Å²) in [6.07, 6.45) is -3.21. The lowest BCUT2D eigenvalue weighted by atomic mass is 10.1. The van der Waals surface area contributed by atoms with E-state index in [1.807, 2.05) is 0 Å². The van der Waals surface area contributed by atoms with E-state index >= 15 is 0 Å². The minimum Gasteiger partial charge on any atom is -0.276 e. The first-order valence-electron chi connectivity index (χ1n) is 8.47. The Kier molecular flexibility index (Phi) is 4.99. The van der Waals surface area contributed by atoms with Gasteiger partial charge in [0.2, 0.25) is 0 Å². The summed E-state index contributed by atoms with van der Waals surface area (Å²) in [6, 6.07) is 7.41. The number of rotatable bonds is 5. The van der Waals surface area contributed by atoms with Crippen LogP contribution in [0.2, 0.25) is 5.02 Å². The van der Waals surface area contributed by atoms with Crippen LogP contribution in [0.5, 0.6) is 0 Å². The van der Waals surface area contributed by atoms with E-state index in [1.165, 1.54) is 21.1 Å². The number of nitrogens with zero attached hydrogens (tertiary/aromatic N) is 4. The number of hydrogen-bond acceptors (Lipinski definition) is 5. The van der Waals surface area contributed by atoms with Gasteiger partial charge >= 0.3 is 6.18 Å². The summed E-state index contributed by atoms with van der Waals surface area (Å²) >= 11 is 7.06. The predicted molar refractivity (Wildman–Crippen MR) is 100 cm³/mol. The Morgan fingerprint density at radius 2 is 1.72 bits per heavy atom. The Bertz CT molecular complexity index is 1100. The molecule has 0 saturated heterocycles. The molecule has 0 fully saturated rings. The van der Waals surface area contributed by atoms with E-state index in [4.69, 9.17) is 11.6 Å². The molecule has 3 heterocycles. The molecule has 11 heteroatoms. The average Bonchev–Trinajstić information content (AvgIpc) is 3.19. The fraction of sp³-hybridized carbons (Fsp3) is 0.222. The van der Waals surface area contributed by atoms with Crippen molar-refractivity contribution in [2.75, 3.05) is 12.3 Å². The molecule has 150 valence electrons. The summed E-state index contributed by atoms with van der Waals surface area (Å²) in [7, 11) is 0. The van der Waals surface area contributed by atoms with Crippen LogP contribution >= 0.6 is 23.4 Å². The molecule has 0 unspecified atom stereocenters. The van der Waals surface area contributed by atoms with Crippen molar-refractivity contribution in [2.45, 2.75) is 17.8 Å². The van der Waals surface area contributed by atoms with Crippen molar-refractivity contribution in [3.63, 3.8) is 0 Å². The SMILES string of the molecule is O=C1c2ccccc2C(=O)N1CCCSc1nnc2c(Cl)cc(C(F)(F)F)cn12. The Balaban J connectivity index is 1.43. The van der Waals surface area contributed by atoms with Crippen LogP contribution in [-0.4, -0.2) is 43.6 Å². The van der Waals surface area contributed by atoms with Crippen LogP contribution in [0.1, 0.15) is 32.7 Å². The van der Waals surface area contributed by atoms with Gasteiger partial charge in [0.25, 0.3) is 11.8 Å². The number of benzene rings is 1. The first-order valence-corrected chi connectivity index (χ1v) is 9.83. The molecule has 6 nitrogen and oxygen atoms in total. The van der Waals surface area contributed by atoms with E-state index in [0.717, 1.165) is 12.3 Å². The average molecular weight is 441 g/mol. The fourth-order valence-corrected chi connectivity index (χ4v) is 4.09. The van der Waals surface area contributed by atoms with Gasteiger partial charge in [-0.15, -0.1) is 10.2 Å². The second-order valence-corrected chi connectivity index (χ2v) is 7.73. The molecule has 0 spiro atoms. The second kappa shape index (κ2) is 7.34. The van der Waals surface area contributed by atoms with E-state index in [0.29, 0.717) is 23.3 Å². The zero-order valence-electron chi connectivity index (χ0n) is 14.6. The number of thioether (sulfide) groups is 1. The number of alkyl halides is 3. The molecule has 2 amide bonds. The van der Waals surface area contributed by atoms with E-state index in [-0.39, 0.29) is 34.2 Å². The minimum absolute atomic E-state index is 0.127. The minimum atomic E-state index is -4.55. The molecule has 1 aromatic carbocycles. The molecule has 0 saturated carbocycles. The lowest BCUT2D eigenvalue weighted by molar-refractivity contribution is -0.137. The highest BCUT2D eigenvalue weighted by Gasteiger charge is 2.34. The first kappa shape index (κ1) is 19.7. The monoisotopic (exact) mass is 440 g/mol. The number of pyridine rings is 1. The van der Waals surface area contributed by atoms with Gasteiger partial charge in [-0.05, 0) is 24.6 Å². The molecule has 1 aliphatic heterocycles. The summed E-state index contributed by atoms with van der Waals surface area (Å²) in [4.78, 5) is 25.8. The van der Waals surface area contributed by atoms with Crippen molar-refractivity contribution in [1.29, 1.82) is 0 Å². The number of imide groups is 1. The Morgan fingerprint density at radius 1 is 1.07 bits per heavy atom. The van der Waals surface area contributed by atoms with Crippen molar-refractivity contribution in [3.05, 3.63) is 58.2 Å². The fourth-order valence-electron chi connectivity index (χ4n) is 3.02. The standard InChI is InChI=1S/C18H12ClF3N4O2S/c19-13-8-10(18(20,21)22)9-26-14(13)23-24-17(26)29-7-3-6-25-15(27)11-4-1-2-5-12(11)16(25)28/h1-2,4-5,8-9H,3,6-7H2. The summed E-state index contributed by atoms with van der Waals surface area (Å²) < 4.78 is 40.2. The van der Waals surface area contributed by atoms with Crippen LogP contribution in [0.25, 0.3) is 5.65 Å². The third-order valence-electron chi connectivity index (χ3n) is 4.39. The van der Waals surface area contributed by atoms with Gasteiger partial charge in [0, 0.05) is 18.5 Å². The Hall–Kier alpha value is -2.59. The van der Waals surface area contributed by atoms with Crippen molar-refractivity contribution < 1.29 is 22.8 Å². The van der Waals surface area contributed by atoms with Gasteiger partial charge < -0.3 is 0 Å². The highest BCUT2D eigenvalue weighted by Crippen LogP contribution is 2.33. The maximum absolute atomic E-state index is 13.0. The summed E-state index contributed by atoms with van der Waals surface area (Å²) in [6.45, 7) is 0.199. The molecule has 1 aliphatic rings. The second-order valence-electron chi connectivity index (χ2n) is 6.26. The number of carbonyl (C=O) groups is 2. The largest absolute Gasteiger partial charge is 0.417 e. The third kappa shape index (κ3) is 3.58. The lowest BCUT2D eigenvalue weighted by Crippen LogP contribution is -2.31. The zero-order chi connectivity index (χ0) is 20.8. The first-order chi connectivity index (χ1) is 13.8. The maximum Gasteiger partial charge on any atom is 0.417 e. The number of hydrogen-bond donors (Lipinski definition) is 0. The van der Waals surface area contributed by atoms with Crippen molar-refractivity contribution in [2.24, 2.45) is 0 Å². The van der Waals surface area contributed by atoms with Crippen LogP contribution in [0, 0.1) is 0 Å². The van der Waals surface area contributed by atoms with E-state index in [1.54, 1.807) is 24.3 Å². The summed E-state index contributed by atoms with van der Waals surface area (Å²) in [5.74, 6) is -0.266. The highest BCUT2D eigenvalue weighted by molar-refractivity contribution is 7.99. The van der Waals surface area contributed by atoms with Crippen LogP contribution in [0.3, 0.4) is 0 Å². The van der Waals surface area contributed by atoms with Gasteiger partial charge in [0.05, 0.1) is 21.7 Å². The number of halogens is 4. The summed E-state index contributed by atoms with van der Waals surface area (Å²) in [5.41, 5.74) is -0.0176. The molecule has 0 N–H and O–H groups in total. The van der Waals surface area contributed by atoms with Crippen molar-refractivity contribution in [3.8, 4) is 0 Å². The lowest BCUT2D eigenvalue weighted by Gasteiger charge is -2.13. The van der Waals surface area contributed by atoms with Crippen LogP contribution in [-0.2, 0) is 6.18 Å². The smallest absolute Gasteiger partial charge is 0.276 e. The van der Waals surface area contributed by atoms with Gasteiger partial charge in [-0.1, -0.05) is 35.5 Å². The highest BCUT2D eigenvalue weighted by atomic mass is 35.5. The number of fused-ring (bicyclic) bond motifs is 2. The number of carbonyl (C=O) groups excluding carboxylic acids is 2. The van der Waals surface area contributed by atoms with Gasteiger partial charge in [0.15, 0.2) is 10.8 Å². The molecular formula is C18H12ClF3N4O2S.